The molecule has 0 saturated carbocycles. The lowest BCUT2D eigenvalue weighted by molar-refractivity contribution is -0.135. The molecular weight excluding hydrogens is 362 g/mol. The summed E-state index contributed by atoms with van der Waals surface area (Å²) in [5.74, 6) is 0.0200. The molecule has 142 valence electrons. The molecule has 1 aromatic heterocycles. The zero-order valence-corrected chi connectivity index (χ0v) is 16.9. The van der Waals surface area contributed by atoms with Gasteiger partial charge in [0, 0.05) is 26.2 Å². The van der Waals surface area contributed by atoms with E-state index in [1.165, 1.54) is 11.5 Å². The molecule has 2 atom stereocenters. The number of aromatic nitrogens is 2. The third-order valence-electron chi connectivity index (χ3n) is 4.51. The third kappa shape index (κ3) is 5.70. The summed E-state index contributed by atoms with van der Waals surface area (Å²) >= 11 is 1.31. The number of likely N-dealkylation sites (N-methyl/N-ethyl adjacent to an activating group) is 1. The average Bonchev–Trinajstić information content (AvgIpc) is 2.85. The maximum absolute atomic E-state index is 12.8. The first-order valence-electron chi connectivity index (χ1n) is 8.43. The first-order chi connectivity index (χ1) is 11.7. The summed E-state index contributed by atoms with van der Waals surface area (Å²) in [6, 6.07) is -0.147. The molecule has 0 aliphatic carbocycles. The summed E-state index contributed by atoms with van der Waals surface area (Å²) in [7, 11) is 0.486. The third-order valence-corrected chi connectivity index (χ3v) is 6.77. The molecule has 1 amide bonds. The monoisotopic (exact) mass is 389 g/mol. The van der Waals surface area contributed by atoms with E-state index >= 15 is 0 Å². The molecule has 0 unspecified atom stereocenters. The summed E-state index contributed by atoms with van der Waals surface area (Å²) in [6.45, 7) is 5.27. The van der Waals surface area contributed by atoms with Gasteiger partial charge in [-0.25, -0.2) is 13.1 Å². The topological polar surface area (TPSA) is 95.5 Å². The Labute approximate surface area is 153 Å². The highest BCUT2D eigenvalue weighted by Crippen LogP contribution is 2.20. The lowest BCUT2D eigenvalue weighted by atomic mass is 10.0. The van der Waals surface area contributed by atoms with Gasteiger partial charge >= 0.3 is 0 Å². The predicted molar refractivity (Wildman–Crippen MR) is 97.7 cm³/mol. The van der Waals surface area contributed by atoms with Gasteiger partial charge in [0.25, 0.3) is 0 Å². The highest BCUT2D eigenvalue weighted by molar-refractivity contribution is 7.89. The lowest BCUT2D eigenvalue weighted by Gasteiger charge is -2.25. The molecule has 1 aliphatic rings. The van der Waals surface area contributed by atoms with Gasteiger partial charge in [0.05, 0.1) is 28.8 Å². The molecule has 1 aromatic rings. The molecule has 0 aromatic carbocycles. The largest absolute Gasteiger partial charge is 0.340 e. The molecule has 1 N–H and O–H groups in total. The van der Waals surface area contributed by atoms with Crippen molar-refractivity contribution in [3.8, 4) is 0 Å². The summed E-state index contributed by atoms with van der Waals surface area (Å²) in [6.07, 6.45) is 1.33. The van der Waals surface area contributed by atoms with Crippen LogP contribution >= 0.6 is 11.5 Å². The van der Waals surface area contributed by atoms with Gasteiger partial charge in [-0.05, 0) is 45.3 Å². The van der Waals surface area contributed by atoms with E-state index in [2.05, 4.69) is 14.3 Å². The van der Waals surface area contributed by atoms with Crippen molar-refractivity contribution in [3.63, 3.8) is 0 Å². The number of amides is 1. The second-order valence-corrected chi connectivity index (χ2v) is 9.57. The molecule has 0 radical (unpaired) electrons. The van der Waals surface area contributed by atoms with E-state index < -0.39 is 10.0 Å². The minimum Gasteiger partial charge on any atom is -0.340 e. The van der Waals surface area contributed by atoms with Crippen LogP contribution in [0.25, 0.3) is 0 Å². The SMILES string of the molecule is CCS(=O)(=O)N[C@H]1CC[C@@H](C(=O)N(C)Cc2snnc2C)CN(C)C1. The van der Waals surface area contributed by atoms with Gasteiger partial charge in [-0.15, -0.1) is 5.10 Å². The van der Waals surface area contributed by atoms with Crippen molar-refractivity contribution in [2.75, 3.05) is 32.9 Å². The van der Waals surface area contributed by atoms with Gasteiger partial charge in [0.15, 0.2) is 0 Å². The first-order valence-corrected chi connectivity index (χ1v) is 10.9. The summed E-state index contributed by atoms with van der Waals surface area (Å²) in [5, 5.41) is 3.98. The van der Waals surface area contributed by atoms with Crippen LogP contribution in [0.4, 0.5) is 0 Å². The standard InChI is InChI=1S/C15H27N5O3S2/c1-5-25(22,23)17-13-7-6-12(8-19(3)9-13)15(21)20(4)10-14-11(2)16-18-24-14/h12-13,17H,5-10H2,1-4H3/t12-,13+/m1/s1. The molecule has 0 bridgehead atoms. The normalized spacial score (nSPS) is 22.6. The quantitative estimate of drug-likeness (QED) is 0.759. The number of carbonyl (C=O) groups excluding carboxylic acids is 1. The molecule has 2 heterocycles. The van der Waals surface area contributed by atoms with E-state index in [0.717, 1.165) is 10.6 Å². The number of nitrogens with zero attached hydrogens (tertiary/aromatic N) is 4. The fourth-order valence-corrected chi connectivity index (χ4v) is 4.60. The van der Waals surface area contributed by atoms with Gasteiger partial charge in [0.1, 0.15) is 0 Å². The molecular formula is C15H27N5O3S2. The van der Waals surface area contributed by atoms with Crippen LogP contribution in [-0.2, 0) is 21.4 Å². The van der Waals surface area contributed by atoms with Crippen molar-refractivity contribution < 1.29 is 13.2 Å². The Morgan fingerprint density at radius 2 is 2.12 bits per heavy atom. The van der Waals surface area contributed by atoms with E-state index in [-0.39, 0.29) is 23.6 Å². The Balaban J connectivity index is 1.97. The van der Waals surface area contributed by atoms with Crippen LogP contribution in [-0.4, -0.2) is 72.7 Å². The Bertz CT molecular complexity index is 691. The van der Waals surface area contributed by atoms with Crippen molar-refractivity contribution in [2.45, 2.75) is 39.3 Å². The number of nitrogens with one attached hydrogen (secondary N) is 1. The molecule has 0 spiro atoms. The van der Waals surface area contributed by atoms with Gasteiger partial charge in [-0.2, -0.15) is 0 Å². The number of rotatable bonds is 6. The Morgan fingerprint density at radius 1 is 1.40 bits per heavy atom. The van der Waals surface area contributed by atoms with Crippen LogP contribution in [0.5, 0.6) is 0 Å². The van der Waals surface area contributed by atoms with Crippen LogP contribution in [0, 0.1) is 12.8 Å². The van der Waals surface area contributed by atoms with Crippen molar-refractivity contribution in [1.82, 2.24) is 24.1 Å². The maximum atomic E-state index is 12.8. The molecule has 10 heteroatoms. The van der Waals surface area contributed by atoms with E-state index in [9.17, 15) is 13.2 Å². The zero-order chi connectivity index (χ0) is 18.6. The van der Waals surface area contributed by atoms with Crippen molar-refractivity contribution in [2.24, 2.45) is 5.92 Å². The lowest BCUT2D eigenvalue weighted by Crippen LogP contribution is -2.42. The van der Waals surface area contributed by atoms with Crippen LogP contribution < -0.4 is 4.72 Å². The second-order valence-electron chi connectivity index (χ2n) is 6.69. The van der Waals surface area contributed by atoms with Crippen molar-refractivity contribution in [3.05, 3.63) is 10.6 Å². The van der Waals surface area contributed by atoms with Crippen LogP contribution in [0.2, 0.25) is 0 Å². The molecule has 8 nitrogen and oxygen atoms in total. The van der Waals surface area contributed by atoms with Crippen molar-refractivity contribution >= 4 is 27.5 Å². The van der Waals surface area contributed by atoms with E-state index in [4.69, 9.17) is 0 Å². The smallest absolute Gasteiger partial charge is 0.227 e. The fourth-order valence-electron chi connectivity index (χ4n) is 3.05. The van der Waals surface area contributed by atoms with Crippen LogP contribution in [0.1, 0.15) is 30.3 Å². The summed E-state index contributed by atoms with van der Waals surface area (Å²) in [5.41, 5.74) is 0.858. The van der Waals surface area contributed by atoms with Crippen LogP contribution in [0.15, 0.2) is 0 Å². The van der Waals surface area contributed by atoms with E-state index in [1.54, 1.807) is 18.9 Å². The van der Waals surface area contributed by atoms with Gasteiger partial charge in [-0.3, -0.25) is 4.79 Å². The second kappa shape index (κ2) is 8.52. The first kappa shape index (κ1) is 20.2. The van der Waals surface area contributed by atoms with Crippen LogP contribution in [0.3, 0.4) is 0 Å². The number of aryl methyl sites for hydroxylation is 1. The highest BCUT2D eigenvalue weighted by atomic mass is 32.2. The number of sulfonamides is 1. The summed E-state index contributed by atoms with van der Waals surface area (Å²) in [4.78, 5) is 17.6. The van der Waals surface area contributed by atoms with E-state index in [0.29, 0.717) is 32.5 Å². The number of hydrogen-bond acceptors (Lipinski definition) is 7. The van der Waals surface area contributed by atoms with Gasteiger partial charge < -0.3 is 9.80 Å². The molecule has 2 rings (SSSR count). The minimum atomic E-state index is -3.24. The molecule has 1 aliphatic heterocycles. The van der Waals surface area contributed by atoms with Gasteiger partial charge in [-0.1, -0.05) is 4.49 Å². The predicted octanol–water partition coefficient (Wildman–Crippen LogP) is 0.455. The average molecular weight is 390 g/mol. The highest BCUT2D eigenvalue weighted by Gasteiger charge is 2.30. The summed E-state index contributed by atoms with van der Waals surface area (Å²) < 4.78 is 30.3. The maximum Gasteiger partial charge on any atom is 0.227 e. The number of likely N-dealkylation sites (tertiary alicyclic amines) is 1. The Hall–Kier alpha value is -1.10. The molecule has 25 heavy (non-hydrogen) atoms. The van der Waals surface area contributed by atoms with E-state index in [1.807, 2.05) is 18.9 Å². The number of hydrogen-bond donors (Lipinski definition) is 1. The minimum absolute atomic E-state index is 0.0700. The zero-order valence-electron chi connectivity index (χ0n) is 15.2. The molecule has 1 fully saturated rings. The van der Waals surface area contributed by atoms with Crippen molar-refractivity contribution in [1.29, 1.82) is 0 Å². The molecule has 1 saturated heterocycles. The van der Waals surface area contributed by atoms with Gasteiger partial charge in [0.2, 0.25) is 15.9 Å². The fraction of sp³-hybridized carbons (Fsp3) is 0.800. The Morgan fingerprint density at radius 3 is 2.72 bits per heavy atom. The number of carbonyl (C=O) groups is 1. The Kier molecular flexibility index (Phi) is 6.89.